The first-order valence-corrected chi connectivity index (χ1v) is 6.31. The SMILES string of the molecule is C[C@H](Cl)C(=O)Nc1nc2c(F)cc(Cl)cc2s1. The van der Waals surface area contributed by atoms with Crippen molar-refractivity contribution in [1.82, 2.24) is 4.98 Å². The average Bonchev–Trinajstić information content (AvgIpc) is 2.60. The third-order valence-electron chi connectivity index (χ3n) is 2.00. The molecule has 0 saturated heterocycles. The van der Waals surface area contributed by atoms with Gasteiger partial charge in [0, 0.05) is 5.02 Å². The molecule has 2 rings (SSSR count). The lowest BCUT2D eigenvalue weighted by Crippen LogP contribution is -2.20. The molecule has 0 saturated carbocycles. The van der Waals surface area contributed by atoms with Crippen LogP contribution in [-0.2, 0) is 4.79 Å². The number of rotatable bonds is 2. The van der Waals surface area contributed by atoms with Crippen LogP contribution in [0.2, 0.25) is 5.02 Å². The maximum Gasteiger partial charge on any atom is 0.243 e. The number of alkyl halides is 1. The van der Waals surface area contributed by atoms with Gasteiger partial charge in [-0.25, -0.2) is 9.37 Å². The van der Waals surface area contributed by atoms with Crippen LogP contribution in [0, 0.1) is 5.82 Å². The Hall–Kier alpha value is -0.910. The van der Waals surface area contributed by atoms with Gasteiger partial charge in [-0.15, -0.1) is 11.6 Å². The minimum atomic E-state index is -0.671. The molecule has 1 aromatic carbocycles. The summed E-state index contributed by atoms with van der Waals surface area (Å²) in [5.74, 6) is -0.889. The predicted octanol–water partition coefficient (Wildman–Crippen LogP) is 3.65. The Morgan fingerprint density at radius 1 is 1.59 bits per heavy atom. The summed E-state index contributed by atoms with van der Waals surface area (Å²) >= 11 is 12.5. The normalized spacial score (nSPS) is 12.7. The first-order chi connectivity index (χ1) is 7.97. The molecule has 1 N–H and O–H groups in total. The van der Waals surface area contributed by atoms with Gasteiger partial charge in [0.05, 0.1) is 4.70 Å². The lowest BCUT2D eigenvalue weighted by Gasteiger charge is -2.01. The summed E-state index contributed by atoms with van der Waals surface area (Å²) < 4.78 is 14.1. The second-order valence-corrected chi connectivity index (χ2v) is 5.48. The van der Waals surface area contributed by atoms with Crippen molar-refractivity contribution in [3.63, 3.8) is 0 Å². The van der Waals surface area contributed by atoms with E-state index < -0.39 is 11.2 Å². The molecule has 0 unspecified atom stereocenters. The number of halogens is 3. The van der Waals surface area contributed by atoms with E-state index >= 15 is 0 Å². The van der Waals surface area contributed by atoms with Gasteiger partial charge in [0.2, 0.25) is 5.91 Å². The lowest BCUT2D eigenvalue weighted by molar-refractivity contribution is -0.115. The second-order valence-electron chi connectivity index (χ2n) is 3.36. The molecule has 2 aromatic rings. The zero-order valence-electron chi connectivity index (χ0n) is 8.63. The van der Waals surface area contributed by atoms with Crippen LogP contribution < -0.4 is 5.32 Å². The molecule has 1 amide bonds. The Labute approximate surface area is 111 Å². The van der Waals surface area contributed by atoms with Crippen molar-refractivity contribution in [2.75, 3.05) is 5.32 Å². The summed E-state index contributed by atoms with van der Waals surface area (Å²) in [5, 5.41) is 2.43. The largest absolute Gasteiger partial charge is 0.301 e. The van der Waals surface area contributed by atoms with Crippen LogP contribution in [-0.4, -0.2) is 16.3 Å². The first-order valence-electron chi connectivity index (χ1n) is 4.68. The maximum atomic E-state index is 13.5. The van der Waals surface area contributed by atoms with Gasteiger partial charge in [-0.2, -0.15) is 0 Å². The number of nitrogens with zero attached hydrogens (tertiary/aromatic N) is 1. The molecule has 90 valence electrons. The quantitative estimate of drug-likeness (QED) is 0.859. The molecule has 1 aromatic heterocycles. The summed E-state index contributed by atoms with van der Waals surface area (Å²) in [5.41, 5.74) is 0.192. The number of nitrogens with one attached hydrogen (secondary N) is 1. The highest BCUT2D eigenvalue weighted by Crippen LogP contribution is 2.30. The number of carbonyl (C=O) groups excluding carboxylic acids is 1. The van der Waals surface area contributed by atoms with Gasteiger partial charge in [0.25, 0.3) is 0 Å². The van der Waals surface area contributed by atoms with Gasteiger partial charge in [-0.05, 0) is 19.1 Å². The third-order valence-corrected chi connectivity index (χ3v) is 3.34. The Kier molecular flexibility index (Phi) is 3.51. The first kappa shape index (κ1) is 12.5. The fourth-order valence-electron chi connectivity index (χ4n) is 1.22. The molecule has 0 aliphatic heterocycles. The van der Waals surface area contributed by atoms with Gasteiger partial charge in [0.1, 0.15) is 10.9 Å². The molecule has 3 nitrogen and oxygen atoms in total. The van der Waals surface area contributed by atoms with Crippen molar-refractivity contribution in [1.29, 1.82) is 0 Å². The van der Waals surface area contributed by atoms with E-state index in [1.165, 1.54) is 6.07 Å². The van der Waals surface area contributed by atoms with E-state index in [1.54, 1.807) is 13.0 Å². The van der Waals surface area contributed by atoms with Crippen LogP contribution in [0.15, 0.2) is 12.1 Å². The minimum absolute atomic E-state index is 0.192. The predicted molar refractivity (Wildman–Crippen MR) is 68.5 cm³/mol. The van der Waals surface area contributed by atoms with E-state index in [2.05, 4.69) is 10.3 Å². The summed E-state index contributed by atoms with van der Waals surface area (Å²) in [6, 6.07) is 2.77. The summed E-state index contributed by atoms with van der Waals surface area (Å²) in [7, 11) is 0. The Bertz CT molecular complexity index is 585. The van der Waals surface area contributed by atoms with E-state index in [1.807, 2.05) is 0 Å². The second kappa shape index (κ2) is 4.76. The fraction of sp³-hybridized carbons (Fsp3) is 0.200. The summed E-state index contributed by atoms with van der Waals surface area (Å²) in [4.78, 5) is 15.3. The number of anilines is 1. The molecule has 0 aliphatic rings. The Balaban J connectivity index is 2.38. The van der Waals surface area contributed by atoms with Crippen molar-refractivity contribution in [3.05, 3.63) is 23.0 Å². The summed E-state index contributed by atoms with van der Waals surface area (Å²) in [6.07, 6.45) is 0. The van der Waals surface area contributed by atoms with Crippen molar-refractivity contribution in [3.8, 4) is 0 Å². The number of amides is 1. The maximum absolute atomic E-state index is 13.5. The molecule has 0 aliphatic carbocycles. The zero-order chi connectivity index (χ0) is 12.6. The van der Waals surface area contributed by atoms with Crippen LogP contribution >= 0.6 is 34.5 Å². The van der Waals surface area contributed by atoms with E-state index in [-0.39, 0.29) is 11.4 Å². The van der Waals surface area contributed by atoms with E-state index in [9.17, 15) is 9.18 Å². The standard InChI is InChI=1S/C10H7Cl2FN2OS/c1-4(11)9(16)15-10-14-8-6(13)2-5(12)3-7(8)17-10/h2-4H,1H3,(H,14,15,16)/t4-/m0/s1. The number of hydrogen-bond donors (Lipinski definition) is 1. The smallest absolute Gasteiger partial charge is 0.243 e. The zero-order valence-corrected chi connectivity index (χ0v) is 11.0. The van der Waals surface area contributed by atoms with Crippen molar-refractivity contribution in [2.24, 2.45) is 0 Å². The molecule has 0 fully saturated rings. The number of aromatic nitrogens is 1. The highest BCUT2D eigenvalue weighted by atomic mass is 35.5. The minimum Gasteiger partial charge on any atom is -0.301 e. The lowest BCUT2D eigenvalue weighted by atomic mass is 10.3. The van der Waals surface area contributed by atoms with Crippen LogP contribution in [0.25, 0.3) is 10.2 Å². The van der Waals surface area contributed by atoms with Gasteiger partial charge >= 0.3 is 0 Å². The Morgan fingerprint density at radius 2 is 2.29 bits per heavy atom. The van der Waals surface area contributed by atoms with Crippen molar-refractivity contribution in [2.45, 2.75) is 12.3 Å². The van der Waals surface area contributed by atoms with Crippen LogP contribution in [0.4, 0.5) is 9.52 Å². The molecule has 0 spiro atoms. The van der Waals surface area contributed by atoms with Gasteiger partial charge in [-0.3, -0.25) is 4.79 Å². The van der Waals surface area contributed by atoms with Crippen molar-refractivity contribution < 1.29 is 9.18 Å². The van der Waals surface area contributed by atoms with Crippen LogP contribution in [0.1, 0.15) is 6.92 Å². The summed E-state index contributed by atoms with van der Waals surface area (Å²) in [6.45, 7) is 1.54. The number of carbonyl (C=O) groups is 1. The molecule has 1 atom stereocenters. The monoisotopic (exact) mass is 292 g/mol. The highest BCUT2D eigenvalue weighted by Gasteiger charge is 2.14. The Morgan fingerprint density at radius 3 is 2.94 bits per heavy atom. The van der Waals surface area contributed by atoms with E-state index in [0.717, 1.165) is 11.3 Å². The molecule has 1 heterocycles. The number of benzene rings is 1. The number of thiazole rings is 1. The number of fused-ring (bicyclic) bond motifs is 1. The average molecular weight is 293 g/mol. The molecular formula is C10H7Cl2FN2OS. The molecule has 7 heteroatoms. The topological polar surface area (TPSA) is 42.0 Å². The molecule has 0 bridgehead atoms. The third kappa shape index (κ3) is 2.68. The van der Waals surface area contributed by atoms with Crippen LogP contribution in [0.3, 0.4) is 0 Å². The highest BCUT2D eigenvalue weighted by molar-refractivity contribution is 7.22. The molecule has 0 radical (unpaired) electrons. The molecular weight excluding hydrogens is 286 g/mol. The molecule has 17 heavy (non-hydrogen) atoms. The van der Waals surface area contributed by atoms with E-state index in [0.29, 0.717) is 14.9 Å². The van der Waals surface area contributed by atoms with Crippen LogP contribution in [0.5, 0.6) is 0 Å². The fourth-order valence-corrected chi connectivity index (χ4v) is 2.46. The van der Waals surface area contributed by atoms with Gasteiger partial charge < -0.3 is 5.32 Å². The van der Waals surface area contributed by atoms with Gasteiger partial charge in [0.15, 0.2) is 10.9 Å². The van der Waals surface area contributed by atoms with Crippen molar-refractivity contribution >= 4 is 55.8 Å². The van der Waals surface area contributed by atoms with Gasteiger partial charge in [-0.1, -0.05) is 22.9 Å². The van der Waals surface area contributed by atoms with E-state index in [4.69, 9.17) is 23.2 Å². The number of hydrogen-bond acceptors (Lipinski definition) is 3.